The summed E-state index contributed by atoms with van der Waals surface area (Å²) in [6.45, 7) is 8.07. The highest BCUT2D eigenvalue weighted by atomic mass is 16.4. The topological polar surface area (TPSA) is 74.6 Å². The third kappa shape index (κ3) is 3.88. The van der Waals surface area contributed by atoms with Crippen LogP contribution >= 0.6 is 0 Å². The highest BCUT2D eigenvalue weighted by Gasteiger charge is 2.20. The first-order valence-electron chi connectivity index (χ1n) is 7.94. The van der Waals surface area contributed by atoms with E-state index < -0.39 is 5.97 Å². The second-order valence-electron chi connectivity index (χ2n) is 5.80. The molecular formula is C16H25N3O3. The van der Waals surface area contributed by atoms with Gasteiger partial charge in [-0.2, -0.15) is 0 Å². The molecule has 122 valence electrons. The van der Waals surface area contributed by atoms with Crippen LogP contribution in [0, 0.1) is 6.92 Å². The number of nitrogens with zero attached hydrogens (tertiary/aromatic N) is 2. The van der Waals surface area contributed by atoms with Crippen LogP contribution in [0.25, 0.3) is 0 Å². The van der Waals surface area contributed by atoms with Crippen molar-refractivity contribution in [3.8, 4) is 0 Å². The van der Waals surface area contributed by atoms with Crippen molar-refractivity contribution >= 4 is 11.9 Å². The van der Waals surface area contributed by atoms with Crippen LogP contribution in [0.1, 0.15) is 41.4 Å². The third-order valence-corrected chi connectivity index (χ3v) is 4.21. The number of carboxylic acid groups (broad SMARTS) is 1. The van der Waals surface area contributed by atoms with Gasteiger partial charge in [-0.1, -0.05) is 0 Å². The minimum Gasteiger partial charge on any atom is -0.478 e. The molecule has 6 heteroatoms. The van der Waals surface area contributed by atoms with Gasteiger partial charge < -0.3 is 19.9 Å². The summed E-state index contributed by atoms with van der Waals surface area (Å²) in [5, 5.41) is 12.2. The highest BCUT2D eigenvalue weighted by molar-refractivity contribution is 5.93. The molecule has 0 bridgehead atoms. The molecule has 1 aliphatic rings. The number of hydrogen-bond donors (Lipinski definition) is 2. The molecule has 22 heavy (non-hydrogen) atoms. The first-order valence-corrected chi connectivity index (χ1v) is 7.94. The van der Waals surface area contributed by atoms with Crippen molar-refractivity contribution in [1.29, 1.82) is 0 Å². The van der Waals surface area contributed by atoms with Gasteiger partial charge in [-0.15, -0.1) is 0 Å². The molecule has 0 unspecified atom stereocenters. The smallest absolute Gasteiger partial charge is 0.337 e. The fourth-order valence-corrected chi connectivity index (χ4v) is 3.09. The third-order valence-electron chi connectivity index (χ3n) is 4.21. The van der Waals surface area contributed by atoms with E-state index in [-0.39, 0.29) is 17.9 Å². The Balaban J connectivity index is 1.94. The molecule has 1 saturated heterocycles. The van der Waals surface area contributed by atoms with Crippen LogP contribution in [0.15, 0.2) is 6.20 Å². The van der Waals surface area contributed by atoms with Crippen LogP contribution in [0.2, 0.25) is 0 Å². The normalized spacial score (nSPS) is 15.2. The van der Waals surface area contributed by atoms with Gasteiger partial charge >= 0.3 is 5.97 Å². The van der Waals surface area contributed by atoms with Crippen LogP contribution in [0.5, 0.6) is 0 Å². The summed E-state index contributed by atoms with van der Waals surface area (Å²) in [4.78, 5) is 25.8. The number of carbonyl (C=O) groups excluding carboxylic acids is 1. The number of hydrogen-bond acceptors (Lipinski definition) is 3. The lowest BCUT2D eigenvalue weighted by molar-refractivity contribution is -0.120. The van der Waals surface area contributed by atoms with Crippen LogP contribution < -0.4 is 5.32 Å². The summed E-state index contributed by atoms with van der Waals surface area (Å²) >= 11 is 0. The molecule has 2 heterocycles. The Morgan fingerprint density at radius 3 is 2.59 bits per heavy atom. The van der Waals surface area contributed by atoms with E-state index in [2.05, 4.69) is 10.2 Å². The average molecular weight is 307 g/mol. The molecule has 0 spiro atoms. The lowest BCUT2D eigenvalue weighted by Gasteiger charge is -2.15. The van der Waals surface area contributed by atoms with Crippen molar-refractivity contribution in [1.82, 2.24) is 14.8 Å². The number of aromatic carboxylic acids is 1. The molecule has 1 aliphatic heterocycles. The molecule has 2 rings (SSSR count). The predicted molar refractivity (Wildman–Crippen MR) is 84.2 cm³/mol. The van der Waals surface area contributed by atoms with E-state index in [1.54, 1.807) is 13.1 Å². The van der Waals surface area contributed by atoms with Crippen molar-refractivity contribution < 1.29 is 14.7 Å². The minimum absolute atomic E-state index is 0.114. The molecule has 0 radical (unpaired) electrons. The van der Waals surface area contributed by atoms with E-state index in [1.165, 1.54) is 12.8 Å². The molecule has 0 aromatic carbocycles. The van der Waals surface area contributed by atoms with E-state index >= 15 is 0 Å². The number of nitrogens with one attached hydrogen (secondary N) is 1. The van der Waals surface area contributed by atoms with Crippen molar-refractivity contribution in [3.63, 3.8) is 0 Å². The molecule has 0 atom stereocenters. The molecule has 0 aliphatic carbocycles. The van der Waals surface area contributed by atoms with Gasteiger partial charge in [0, 0.05) is 31.5 Å². The second kappa shape index (κ2) is 7.45. The molecule has 1 fully saturated rings. The van der Waals surface area contributed by atoms with Crippen LogP contribution in [-0.4, -0.2) is 52.6 Å². The molecule has 0 saturated carbocycles. The number of carbonyl (C=O) groups is 2. The molecule has 1 aromatic heterocycles. The first kappa shape index (κ1) is 16.5. The predicted octanol–water partition coefficient (Wildman–Crippen LogP) is 1.27. The summed E-state index contributed by atoms with van der Waals surface area (Å²) in [7, 11) is 0. The second-order valence-corrected chi connectivity index (χ2v) is 5.80. The zero-order valence-corrected chi connectivity index (χ0v) is 13.4. The first-order chi connectivity index (χ1) is 10.5. The fraction of sp³-hybridized carbons (Fsp3) is 0.625. The van der Waals surface area contributed by atoms with Crippen LogP contribution in [-0.2, 0) is 17.8 Å². The number of aryl methyl sites for hydroxylation is 2. The minimum atomic E-state index is -0.968. The Morgan fingerprint density at radius 1 is 1.32 bits per heavy atom. The van der Waals surface area contributed by atoms with E-state index in [9.17, 15) is 14.7 Å². The zero-order chi connectivity index (χ0) is 16.1. The molecule has 2 N–H and O–H groups in total. The SMILES string of the molecule is CCn1cc(C)c(C(=O)O)c1CC(=O)NCCN1CCCC1. The van der Waals surface area contributed by atoms with Gasteiger partial charge in [-0.25, -0.2) is 4.79 Å². The lowest BCUT2D eigenvalue weighted by atomic mass is 10.1. The van der Waals surface area contributed by atoms with Crippen molar-refractivity contribution in [2.24, 2.45) is 0 Å². The average Bonchev–Trinajstić information content (AvgIpc) is 3.06. The Labute approximate surface area is 131 Å². The summed E-state index contributed by atoms with van der Waals surface area (Å²) in [6.07, 6.45) is 4.39. The maximum absolute atomic E-state index is 12.1. The number of rotatable bonds is 7. The summed E-state index contributed by atoms with van der Waals surface area (Å²) in [5.74, 6) is -1.08. The molecule has 1 amide bonds. The van der Waals surface area contributed by atoms with Crippen LogP contribution in [0.4, 0.5) is 0 Å². The number of amides is 1. The van der Waals surface area contributed by atoms with Gasteiger partial charge in [0.05, 0.1) is 12.0 Å². The largest absolute Gasteiger partial charge is 0.478 e. The van der Waals surface area contributed by atoms with Gasteiger partial charge in [0.25, 0.3) is 0 Å². The molecule has 6 nitrogen and oxygen atoms in total. The zero-order valence-electron chi connectivity index (χ0n) is 13.4. The van der Waals surface area contributed by atoms with E-state index in [0.717, 1.165) is 19.6 Å². The van der Waals surface area contributed by atoms with Gasteiger partial charge in [0.15, 0.2) is 0 Å². The summed E-state index contributed by atoms with van der Waals surface area (Å²) in [5.41, 5.74) is 1.55. The number of aromatic nitrogens is 1. The van der Waals surface area contributed by atoms with Gasteiger partial charge in [-0.3, -0.25) is 4.79 Å². The summed E-state index contributed by atoms with van der Waals surface area (Å²) in [6, 6.07) is 0. The van der Waals surface area contributed by atoms with E-state index in [0.29, 0.717) is 24.3 Å². The van der Waals surface area contributed by atoms with Gasteiger partial charge in [0.1, 0.15) is 0 Å². The van der Waals surface area contributed by atoms with Crippen molar-refractivity contribution in [2.75, 3.05) is 26.2 Å². The van der Waals surface area contributed by atoms with Gasteiger partial charge in [0.2, 0.25) is 5.91 Å². The van der Waals surface area contributed by atoms with Gasteiger partial charge in [-0.05, 0) is 45.3 Å². The monoisotopic (exact) mass is 307 g/mol. The maximum atomic E-state index is 12.1. The van der Waals surface area contributed by atoms with Crippen LogP contribution in [0.3, 0.4) is 0 Å². The standard InChI is InChI=1S/C16H25N3O3/c1-3-19-11-12(2)15(16(21)22)13(19)10-14(20)17-6-9-18-7-4-5-8-18/h11H,3-10H2,1-2H3,(H,17,20)(H,21,22). The number of carboxylic acids is 1. The summed E-state index contributed by atoms with van der Waals surface area (Å²) < 4.78 is 1.85. The van der Waals surface area contributed by atoms with E-state index in [1.807, 2.05) is 11.5 Å². The van der Waals surface area contributed by atoms with Crippen molar-refractivity contribution in [2.45, 2.75) is 39.7 Å². The Bertz CT molecular complexity index is 545. The quantitative estimate of drug-likeness (QED) is 0.795. The van der Waals surface area contributed by atoms with E-state index in [4.69, 9.17) is 0 Å². The Morgan fingerprint density at radius 2 is 2.00 bits per heavy atom. The maximum Gasteiger partial charge on any atom is 0.337 e. The lowest BCUT2D eigenvalue weighted by Crippen LogP contribution is -2.34. The fourth-order valence-electron chi connectivity index (χ4n) is 3.09. The van der Waals surface area contributed by atoms with Crippen molar-refractivity contribution in [3.05, 3.63) is 23.0 Å². The number of likely N-dealkylation sites (tertiary alicyclic amines) is 1. The highest BCUT2D eigenvalue weighted by Crippen LogP contribution is 2.18. The molecule has 1 aromatic rings. The molecular weight excluding hydrogens is 282 g/mol. The Kier molecular flexibility index (Phi) is 5.60. The Hall–Kier alpha value is -1.82.